The molecule has 1 aliphatic heterocycles. The number of anilines is 1. The highest BCUT2D eigenvalue weighted by Gasteiger charge is 2.26. The molecule has 0 spiro atoms. The van der Waals surface area contributed by atoms with Crippen molar-refractivity contribution in [3.63, 3.8) is 0 Å². The first-order chi connectivity index (χ1) is 18.6. The molecule has 2 aromatic heterocycles. The summed E-state index contributed by atoms with van der Waals surface area (Å²) in [5.41, 5.74) is 5.51. The molecule has 3 aromatic carbocycles. The number of para-hydroxylation sites is 1. The summed E-state index contributed by atoms with van der Waals surface area (Å²) >= 11 is 0. The third-order valence-electron chi connectivity index (χ3n) is 7.07. The van der Waals surface area contributed by atoms with E-state index in [-0.39, 0.29) is 5.91 Å². The highest BCUT2D eigenvalue weighted by atomic mass is 16.5. The number of carbonyl (C=O) groups excluding carboxylic acids is 1. The number of piperazine rings is 1. The van der Waals surface area contributed by atoms with Gasteiger partial charge in [-0.25, -0.2) is 4.98 Å². The van der Waals surface area contributed by atoms with Crippen LogP contribution in [0.3, 0.4) is 0 Å². The average Bonchev–Trinajstić information content (AvgIpc) is 3.42. The van der Waals surface area contributed by atoms with Gasteiger partial charge in [0.15, 0.2) is 0 Å². The summed E-state index contributed by atoms with van der Waals surface area (Å²) in [5, 5.41) is 1.12. The lowest BCUT2D eigenvalue weighted by Crippen LogP contribution is -2.48. The Hall–Kier alpha value is -4.65. The van der Waals surface area contributed by atoms with E-state index in [4.69, 9.17) is 9.72 Å². The fraction of sp³-hybridized carbons (Fsp3) is 0.194. The van der Waals surface area contributed by atoms with Crippen molar-refractivity contribution in [3.8, 4) is 22.8 Å². The van der Waals surface area contributed by atoms with Crippen molar-refractivity contribution >= 4 is 22.5 Å². The molecule has 1 saturated heterocycles. The Labute approximate surface area is 221 Å². The van der Waals surface area contributed by atoms with E-state index in [1.807, 2.05) is 76.5 Å². The van der Waals surface area contributed by atoms with Crippen LogP contribution in [0, 0.1) is 6.92 Å². The lowest BCUT2D eigenvalue weighted by molar-refractivity contribution is 0.0741. The maximum atomic E-state index is 13.6. The minimum Gasteiger partial charge on any atom is -0.497 e. The van der Waals surface area contributed by atoms with Gasteiger partial charge in [-0.05, 0) is 31.2 Å². The monoisotopic (exact) mass is 503 g/mol. The van der Waals surface area contributed by atoms with E-state index in [0.717, 1.165) is 52.5 Å². The minimum atomic E-state index is -0.0590. The molecule has 38 heavy (non-hydrogen) atoms. The molecule has 0 aliphatic carbocycles. The van der Waals surface area contributed by atoms with E-state index in [9.17, 15) is 4.79 Å². The Morgan fingerprint density at radius 2 is 1.66 bits per heavy atom. The van der Waals surface area contributed by atoms with Crippen LogP contribution in [-0.2, 0) is 0 Å². The fourth-order valence-electron chi connectivity index (χ4n) is 4.91. The molecule has 5 aromatic rings. The molecule has 1 aliphatic rings. The number of benzene rings is 3. The maximum absolute atomic E-state index is 13.6. The van der Waals surface area contributed by atoms with Crippen LogP contribution in [0.5, 0.6) is 5.75 Å². The summed E-state index contributed by atoms with van der Waals surface area (Å²) in [5.74, 6) is 1.41. The lowest BCUT2D eigenvalue weighted by Gasteiger charge is -2.35. The van der Waals surface area contributed by atoms with Gasteiger partial charge in [0.05, 0.1) is 30.2 Å². The number of hydrogen-bond donors (Lipinski definition) is 0. The van der Waals surface area contributed by atoms with Crippen molar-refractivity contribution < 1.29 is 9.53 Å². The number of imidazole rings is 1. The predicted octanol–water partition coefficient (Wildman–Crippen LogP) is 5.37. The molecule has 1 fully saturated rings. The normalized spacial score (nSPS) is 13.6. The number of amides is 1. The third-order valence-corrected chi connectivity index (χ3v) is 7.07. The zero-order valence-electron chi connectivity index (χ0n) is 21.5. The van der Waals surface area contributed by atoms with Crippen molar-refractivity contribution in [1.29, 1.82) is 0 Å². The van der Waals surface area contributed by atoms with Crippen molar-refractivity contribution in [3.05, 3.63) is 103 Å². The van der Waals surface area contributed by atoms with Gasteiger partial charge in [-0.3, -0.25) is 14.3 Å². The average molecular weight is 504 g/mol. The van der Waals surface area contributed by atoms with Crippen LogP contribution < -0.4 is 9.64 Å². The second-order valence-corrected chi connectivity index (χ2v) is 9.55. The van der Waals surface area contributed by atoms with Gasteiger partial charge in [-0.15, -0.1) is 0 Å². The van der Waals surface area contributed by atoms with E-state index in [1.165, 1.54) is 5.56 Å². The zero-order chi connectivity index (χ0) is 26.1. The Morgan fingerprint density at radius 3 is 2.45 bits per heavy atom. The Kier molecular flexibility index (Phi) is 6.25. The highest BCUT2D eigenvalue weighted by molar-refractivity contribution is 5.93. The molecule has 6 rings (SSSR count). The van der Waals surface area contributed by atoms with Gasteiger partial charge in [0.2, 0.25) is 0 Å². The molecular weight excluding hydrogens is 474 g/mol. The van der Waals surface area contributed by atoms with Gasteiger partial charge in [-0.2, -0.15) is 0 Å². The number of ether oxygens (including phenoxy) is 1. The Morgan fingerprint density at radius 1 is 0.868 bits per heavy atom. The SMILES string of the molecule is COc1cccc(-n2cc(C(=O)N3CCN(c4cnc5ccccc5c4)CC3)nc2-c2ccc(C)cc2)c1. The standard InChI is InChI=1S/C31H29N5O2/c1-22-10-12-23(13-11-22)30-33-29(21-36(30)25-7-5-8-27(19-25)38-2)31(37)35-16-14-34(15-17-35)26-18-24-6-3-4-9-28(24)32-20-26/h3-13,18-21H,14-17H2,1-2H3. The van der Waals surface area contributed by atoms with Gasteiger partial charge < -0.3 is 14.5 Å². The Bertz CT molecular complexity index is 1600. The lowest BCUT2D eigenvalue weighted by atomic mass is 10.1. The summed E-state index contributed by atoms with van der Waals surface area (Å²) in [6.07, 6.45) is 3.76. The summed E-state index contributed by atoms with van der Waals surface area (Å²) in [6, 6.07) is 26.3. The van der Waals surface area contributed by atoms with Gasteiger partial charge in [0, 0.05) is 49.4 Å². The second kappa shape index (κ2) is 10.0. The largest absolute Gasteiger partial charge is 0.497 e. The number of hydrogen-bond acceptors (Lipinski definition) is 5. The number of carbonyl (C=O) groups is 1. The van der Waals surface area contributed by atoms with Crippen LogP contribution in [0.2, 0.25) is 0 Å². The van der Waals surface area contributed by atoms with E-state index in [2.05, 4.69) is 41.1 Å². The molecule has 0 unspecified atom stereocenters. The molecule has 1 amide bonds. The molecule has 0 saturated carbocycles. The number of aryl methyl sites for hydroxylation is 1. The van der Waals surface area contributed by atoms with Gasteiger partial charge in [0.1, 0.15) is 17.3 Å². The summed E-state index contributed by atoms with van der Waals surface area (Å²) in [6.45, 7) is 4.79. The Balaban J connectivity index is 1.25. The number of methoxy groups -OCH3 is 1. The van der Waals surface area contributed by atoms with Gasteiger partial charge >= 0.3 is 0 Å². The molecule has 190 valence electrons. The van der Waals surface area contributed by atoms with E-state index in [1.54, 1.807) is 7.11 Å². The molecule has 0 bridgehead atoms. The number of aromatic nitrogens is 3. The van der Waals surface area contributed by atoms with Crippen LogP contribution in [-0.4, -0.2) is 58.6 Å². The van der Waals surface area contributed by atoms with Gasteiger partial charge in [0.25, 0.3) is 5.91 Å². The predicted molar refractivity (Wildman–Crippen MR) is 150 cm³/mol. The van der Waals surface area contributed by atoms with Crippen molar-refractivity contribution in [2.75, 3.05) is 38.2 Å². The first kappa shape index (κ1) is 23.7. The molecule has 3 heterocycles. The highest BCUT2D eigenvalue weighted by Crippen LogP contribution is 2.27. The van der Waals surface area contributed by atoms with Crippen molar-refractivity contribution in [2.24, 2.45) is 0 Å². The minimum absolute atomic E-state index is 0.0590. The molecule has 0 radical (unpaired) electrons. The van der Waals surface area contributed by atoms with Gasteiger partial charge in [-0.1, -0.05) is 54.1 Å². The first-order valence-corrected chi connectivity index (χ1v) is 12.8. The number of rotatable bonds is 5. The van der Waals surface area contributed by atoms with E-state index in [0.29, 0.717) is 18.8 Å². The third kappa shape index (κ3) is 4.59. The molecule has 0 atom stereocenters. The second-order valence-electron chi connectivity index (χ2n) is 9.55. The van der Waals surface area contributed by atoms with Crippen molar-refractivity contribution in [1.82, 2.24) is 19.4 Å². The van der Waals surface area contributed by atoms with Crippen LogP contribution >= 0.6 is 0 Å². The summed E-state index contributed by atoms with van der Waals surface area (Å²) in [7, 11) is 1.65. The zero-order valence-corrected chi connectivity index (χ0v) is 21.5. The maximum Gasteiger partial charge on any atom is 0.274 e. The summed E-state index contributed by atoms with van der Waals surface area (Å²) < 4.78 is 7.41. The van der Waals surface area contributed by atoms with E-state index >= 15 is 0 Å². The van der Waals surface area contributed by atoms with Crippen LogP contribution in [0.1, 0.15) is 16.1 Å². The van der Waals surface area contributed by atoms with Crippen LogP contribution in [0.25, 0.3) is 28.0 Å². The van der Waals surface area contributed by atoms with Crippen LogP contribution in [0.4, 0.5) is 5.69 Å². The number of fused-ring (bicyclic) bond motifs is 1. The van der Waals surface area contributed by atoms with Crippen molar-refractivity contribution in [2.45, 2.75) is 6.92 Å². The molecule has 0 N–H and O–H groups in total. The topological polar surface area (TPSA) is 63.5 Å². The fourth-order valence-corrected chi connectivity index (χ4v) is 4.91. The number of nitrogens with zero attached hydrogens (tertiary/aromatic N) is 5. The summed E-state index contributed by atoms with van der Waals surface area (Å²) in [4.78, 5) is 27.2. The molecule has 7 heteroatoms. The smallest absolute Gasteiger partial charge is 0.274 e. The first-order valence-electron chi connectivity index (χ1n) is 12.8. The number of pyridine rings is 1. The molecule has 7 nitrogen and oxygen atoms in total. The quantitative estimate of drug-likeness (QED) is 0.323. The van der Waals surface area contributed by atoms with E-state index < -0.39 is 0 Å². The molecular formula is C31H29N5O2. The van der Waals surface area contributed by atoms with Crippen LogP contribution in [0.15, 0.2) is 91.3 Å².